The zero-order valence-electron chi connectivity index (χ0n) is 20.6. The number of nitrogens with zero attached hydrogens (tertiary/aromatic N) is 1. The summed E-state index contributed by atoms with van der Waals surface area (Å²) in [7, 11) is -2.11. The first-order valence-corrected chi connectivity index (χ1v) is 13.5. The summed E-state index contributed by atoms with van der Waals surface area (Å²) in [5, 5.41) is 3.17. The van der Waals surface area contributed by atoms with Gasteiger partial charge < -0.3 is 14.8 Å². The molecule has 1 N–H and O–H groups in total. The van der Waals surface area contributed by atoms with Crippen LogP contribution >= 0.6 is 0 Å². The van der Waals surface area contributed by atoms with Crippen molar-refractivity contribution in [2.45, 2.75) is 30.7 Å². The van der Waals surface area contributed by atoms with Crippen molar-refractivity contribution in [3.8, 4) is 5.75 Å². The van der Waals surface area contributed by atoms with E-state index < -0.39 is 10.0 Å². The zero-order chi connectivity index (χ0) is 25.5. The van der Waals surface area contributed by atoms with Crippen LogP contribution in [0.1, 0.15) is 34.7 Å². The molecule has 0 saturated carbocycles. The van der Waals surface area contributed by atoms with Gasteiger partial charge in [-0.3, -0.25) is 4.79 Å². The summed E-state index contributed by atoms with van der Waals surface area (Å²) >= 11 is 0. The molecule has 0 aromatic heterocycles. The average Bonchev–Trinajstić information content (AvgIpc) is 2.92. The molecule has 1 saturated heterocycles. The number of aryl methyl sites for hydroxylation is 2. The summed E-state index contributed by atoms with van der Waals surface area (Å²) in [4.78, 5) is 13.3. The van der Waals surface area contributed by atoms with E-state index in [1.807, 2.05) is 61.5 Å². The third-order valence-corrected chi connectivity index (χ3v) is 8.31. The molecule has 0 unspecified atom stereocenters. The molecule has 1 atom stereocenters. The highest BCUT2D eigenvalue weighted by molar-refractivity contribution is 7.89. The topological polar surface area (TPSA) is 84.9 Å². The van der Waals surface area contributed by atoms with Crippen LogP contribution in [-0.2, 0) is 26.0 Å². The molecular weight excluding hydrogens is 476 g/mol. The van der Waals surface area contributed by atoms with Crippen molar-refractivity contribution in [1.82, 2.24) is 9.62 Å². The van der Waals surface area contributed by atoms with Gasteiger partial charge in [-0.15, -0.1) is 0 Å². The predicted octanol–water partition coefficient (Wildman–Crippen LogP) is 3.86. The van der Waals surface area contributed by atoms with Gasteiger partial charge in [0.15, 0.2) is 0 Å². The smallest absolute Gasteiger partial charge is 0.243 e. The molecule has 0 radical (unpaired) electrons. The standard InChI is InChI=1S/C28H32N2O5S/c1-21-8-6-7-11-25(21)28(22-9-4-3-5-10-22)29-27(31)15-12-23-20-24(13-14-26(23)34-2)36(32,33)30-16-18-35-19-17-30/h3-11,13-14,20,28H,12,15-19H2,1-2H3,(H,29,31)/t28-/m0/s1. The molecule has 1 heterocycles. The van der Waals surface area contributed by atoms with E-state index in [-0.39, 0.29) is 23.3 Å². The molecule has 1 aliphatic heterocycles. The van der Waals surface area contributed by atoms with E-state index in [9.17, 15) is 13.2 Å². The lowest BCUT2D eigenvalue weighted by molar-refractivity contribution is -0.121. The van der Waals surface area contributed by atoms with Gasteiger partial charge in [-0.05, 0) is 53.8 Å². The fourth-order valence-corrected chi connectivity index (χ4v) is 5.88. The predicted molar refractivity (Wildman–Crippen MR) is 138 cm³/mol. The molecule has 8 heteroatoms. The number of carbonyl (C=O) groups excluding carboxylic acids is 1. The van der Waals surface area contributed by atoms with E-state index in [0.717, 1.165) is 16.7 Å². The lowest BCUT2D eigenvalue weighted by Gasteiger charge is -2.26. The first-order valence-electron chi connectivity index (χ1n) is 12.0. The number of rotatable bonds is 9. The third kappa shape index (κ3) is 5.95. The molecule has 0 spiro atoms. The van der Waals surface area contributed by atoms with Crippen LogP contribution in [0.25, 0.3) is 0 Å². The van der Waals surface area contributed by atoms with E-state index >= 15 is 0 Å². The number of methoxy groups -OCH3 is 1. The molecule has 1 fully saturated rings. The summed E-state index contributed by atoms with van der Waals surface area (Å²) < 4.78 is 38.4. The number of benzene rings is 3. The Balaban J connectivity index is 1.52. The number of nitrogens with one attached hydrogen (secondary N) is 1. The number of carbonyl (C=O) groups is 1. The van der Waals surface area contributed by atoms with Crippen molar-refractivity contribution in [3.63, 3.8) is 0 Å². The fourth-order valence-electron chi connectivity index (χ4n) is 4.42. The highest BCUT2D eigenvalue weighted by atomic mass is 32.2. The molecule has 4 rings (SSSR count). The minimum absolute atomic E-state index is 0.129. The van der Waals surface area contributed by atoms with E-state index in [2.05, 4.69) is 5.32 Å². The second kappa shape index (κ2) is 11.7. The van der Waals surface area contributed by atoms with Crippen molar-refractivity contribution in [2.75, 3.05) is 33.4 Å². The zero-order valence-corrected chi connectivity index (χ0v) is 21.5. The Hall–Kier alpha value is -3.20. The Morgan fingerprint density at radius 3 is 2.42 bits per heavy atom. The minimum atomic E-state index is -3.65. The van der Waals surface area contributed by atoms with Crippen LogP contribution in [-0.4, -0.2) is 52.0 Å². The number of ether oxygens (including phenoxy) is 2. The lowest BCUT2D eigenvalue weighted by atomic mass is 9.94. The van der Waals surface area contributed by atoms with Crippen molar-refractivity contribution in [3.05, 3.63) is 95.1 Å². The Morgan fingerprint density at radius 2 is 1.72 bits per heavy atom. The number of hydrogen-bond donors (Lipinski definition) is 1. The quantitative estimate of drug-likeness (QED) is 0.475. The molecule has 0 aliphatic carbocycles. The maximum absolute atomic E-state index is 13.1. The molecule has 1 amide bonds. The van der Waals surface area contributed by atoms with Crippen LogP contribution in [0.3, 0.4) is 0 Å². The number of amides is 1. The van der Waals surface area contributed by atoms with Gasteiger partial charge in [0.2, 0.25) is 15.9 Å². The second-order valence-corrected chi connectivity index (χ2v) is 10.7. The van der Waals surface area contributed by atoms with Crippen LogP contribution < -0.4 is 10.1 Å². The van der Waals surface area contributed by atoms with Gasteiger partial charge in [0, 0.05) is 19.5 Å². The van der Waals surface area contributed by atoms with E-state index in [0.29, 0.717) is 44.0 Å². The summed E-state index contributed by atoms with van der Waals surface area (Å²) in [6.07, 6.45) is 0.531. The number of hydrogen-bond acceptors (Lipinski definition) is 5. The lowest BCUT2D eigenvalue weighted by Crippen LogP contribution is -2.40. The molecule has 3 aromatic carbocycles. The Kier molecular flexibility index (Phi) is 8.40. The monoisotopic (exact) mass is 508 g/mol. The highest BCUT2D eigenvalue weighted by Crippen LogP contribution is 2.28. The van der Waals surface area contributed by atoms with Gasteiger partial charge in [-0.1, -0.05) is 54.6 Å². The van der Waals surface area contributed by atoms with Gasteiger partial charge >= 0.3 is 0 Å². The first-order chi connectivity index (χ1) is 17.4. The van der Waals surface area contributed by atoms with Crippen molar-refractivity contribution in [1.29, 1.82) is 0 Å². The second-order valence-electron chi connectivity index (χ2n) is 8.76. The summed E-state index contributed by atoms with van der Waals surface area (Å²) in [5.41, 5.74) is 3.80. The van der Waals surface area contributed by atoms with Gasteiger partial charge in [0.25, 0.3) is 0 Å². The van der Waals surface area contributed by atoms with Gasteiger partial charge in [-0.2, -0.15) is 4.31 Å². The van der Waals surface area contributed by atoms with E-state index in [1.54, 1.807) is 25.3 Å². The van der Waals surface area contributed by atoms with Crippen LogP contribution in [0.5, 0.6) is 5.75 Å². The van der Waals surface area contributed by atoms with Crippen molar-refractivity contribution < 1.29 is 22.7 Å². The molecule has 7 nitrogen and oxygen atoms in total. The van der Waals surface area contributed by atoms with Crippen LogP contribution in [0.4, 0.5) is 0 Å². The maximum atomic E-state index is 13.1. The Labute approximate surface area is 213 Å². The van der Waals surface area contributed by atoms with Gasteiger partial charge in [0.1, 0.15) is 5.75 Å². The normalized spacial score (nSPS) is 15.3. The summed E-state index contributed by atoms with van der Waals surface area (Å²) in [5.74, 6) is 0.429. The van der Waals surface area contributed by atoms with Crippen LogP contribution in [0.2, 0.25) is 0 Å². The maximum Gasteiger partial charge on any atom is 0.243 e. The molecule has 3 aromatic rings. The Bertz CT molecular complexity index is 1290. The van der Waals surface area contributed by atoms with Crippen molar-refractivity contribution >= 4 is 15.9 Å². The number of morpholine rings is 1. The largest absolute Gasteiger partial charge is 0.496 e. The number of sulfonamides is 1. The third-order valence-electron chi connectivity index (χ3n) is 6.42. The van der Waals surface area contributed by atoms with Crippen molar-refractivity contribution in [2.24, 2.45) is 0 Å². The highest BCUT2D eigenvalue weighted by Gasteiger charge is 2.27. The molecule has 36 heavy (non-hydrogen) atoms. The minimum Gasteiger partial charge on any atom is -0.496 e. The summed E-state index contributed by atoms with van der Waals surface area (Å²) in [6, 6.07) is 22.4. The molecule has 1 aliphatic rings. The fraction of sp³-hybridized carbons (Fsp3) is 0.321. The SMILES string of the molecule is COc1ccc(S(=O)(=O)N2CCOCC2)cc1CCC(=O)N[C@@H](c1ccccc1)c1ccccc1C. The van der Waals surface area contributed by atoms with E-state index in [4.69, 9.17) is 9.47 Å². The molecular formula is C28H32N2O5S. The van der Waals surface area contributed by atoms with Crippen LogP contribution in [0, 0.1) is 6.92 Å². The van der Waals surface area contributed by atoms with Gasteiger partial charge in [-0.25, -0.2) is 8.42 Å². The average molecular weight is 509 g/mol. The Morgan fingerprint density at radius 1 is 1.03 bits per heavy atom. The van der Waals surface area contributed by atoms with Gasteiger partial charge in [0.05, 0.1) is 31.3 Å². The first kappa shape index (κ1) is 25.9. The summed E-state index contributed by atoms with van der Waals surface area (Å²) in [6.45, 7) is 3.44. The van der Waals surface area contributed by atoms with Crippen LogP contribution in [0.15, 0.2) is 77.7 Å². The molecule has 0 bridgehead atoms. The van der Waals surface area contributed by atoms with E-state index in [1.165, 1.54) is 4.31 Å². The molecule has 190 valence electrons.